The van der Waals surface area contributed by atoms with Gasteiger partial charge < -0.3 is 15.7 Å². The number of amidine groups is 1. The van der Waals surface area contributed by atoms with Crippen LogP contribution in [0.15, 0.2) is 21.9 Å². The van der Waals surface area contributed by atoms with Crippen molar-refractivity contribution in [1.29, 1.82) is 0 Å². The fourth-order valence-electron chi connectivity index (χ4n) is 2.28. The summed E-state index contributed by atoms with van der Waals surface area (Å²) in [5.74, 6) is -2.07. The summed E-state index contributed by atoms with van der Waals surface area (Å²) in [5, 5.41) is 11.7. The summed E-state index contributed by atoms with van der Waals surface area (Å²) in [5.41, 5.74) is 3.75. The maximum absolute atomic E-state index is 12.7. The van der Waals surface area contributed by atoms with Crippen molar-refractivity contribution in [3.8, 4) is 5.75 Å². The van der Waals surface area contributed by atoms with Gasteiger partial charge in [-0.15, -0.1) is 0 Å². The van der Waals surface area contributed by atoms with Crippen molar-refractivity contribution in [3.63, 3.8) is 0 Å². The van der Waals surface area contributed by atoms with Gasteiger partial charge in [-0.25, -0.2) is 8.42 Å². The number of oxime groups is 1. The lowest BCUT2D eigenvalue weighted by molar-refractivity contribution is -0.189. The molecule has 8 nitrogen and oxygen atoms in total. The number of carbonyl (C=O) groups excluding carboxylic acids is 1. The van der Waals surface area contributed by atoms with Crippen LogP contribution < -0.4 is 10.5 Å². The number of nitrogens with zero attached hydrogens (tertiary/aromatic N) is 2. The molecule has 158 valence electrons. The predicted molar refractivity (Wildman–Crippen MR) is 98.3 cm³/mol. The topological polar surface area (TPSA) is 132 Å². The van der Waals surface area contributed by atoms with E-state index in [1.54, 1.807) is 0 Å². The molecule has 0 saturated carbocycles. The molecule has 0 aromatic carbocycles. The number of sulfone groups is 1. The first-order valence-corrected chi connectivity index (χ1v) is 10.5. The van der Waals surface area contributed by atoms with Crippen molar-refractivity contribution in [2.45, 2.75) is 32.5 Å². The van der Waals surface area contributed by atoms with Crippen LogP contribution in [0.2, 0.25) is 0 Å². The highest BCUT2D eigenvalue weighted by Gasteiger charge is 2.39. The van der Waals surface area contributed by atoms with Gasteiger partial charge in [0.05, 0.1) is 10.2 Å². The van der Waals surface area contributed by atoms with Crippen molar-refractivity contribution in [2.24, 2.45) is 16.3 Å². The van der Waals surface area contributed by atoms with Crippen molar-refractivity contribution >= 4 is 37.4 Å². The molecule has 3 N–H and O–H groups in total. The number of alkyl halides is 3. The van der Waals surface area contributed by atoms with Crippen LogP contribution in [0, 0.1) is 5.41 Å². The van der Waals surface area contributed by atoms with Gasteiger partial charge in [0, 0.05) is 30.4 Å². The van der Waals surface area contributed by atoms with Crippen LogP contribution in [-0.4, -0.2) is 54.5 Å². The molecule has 13 heteroatoms. The molecule has 0 spiro atoms. The minimum atomic E-state index is -4.62. The molecule has 1 aromatic heterocycles. The summed E-state index contributed by atoms with van der Waals surface area (Å²) in [6.07, 6.45) is -5.26. The summed E-state index contributed by atoms with van der Waals surface area (Å²) in [4.78, 5) is 16.4. The monoisotopic (exact) mass is 489 g/mol. The van der Waals surface area contributed by atoms with Crippen LogP contribution in [0.4, 0.5) is 13.2 Å². The summed E-state index contributed by atoms with van der Waals surface area (Å²) >= 11 is 2.99. The van der Waals surface area contributed by atoms with Crippen LogP contribution in [-0.2, 0) is 9.84 Å². The lowest BCUT2D eigenvalue weighted by atomic mass is 9.85. The van der Waals surface area contributed by atoms with Crippen LogP contribution >= 0.6 is 15.9 Å². The third kappa shape index (κ3) is 6.62. The molecular weight excluding hydrogens is 471 g/mol. The second-order valence-corrected chi connectivity index (χ2v) is 9.51. The van der Waals surface area contributed by atoms with E-state index >= 15 is 0 Å². The number of Topliss-reactive ketones (excluding diaryl/α,β-unsaturated/α-hetero) is 1. The standard InChI is InChI=1S/C15H19BrF3N3O5S/c1-8(15(17,18)19)27-12-4-10(21-6-9(12)16)11(23)5-14(2,13(20)22-24)7-28(3,25)26/h4,6,8,24H,5,7H2,1-3H3,(H2,20,22)/t8-,14?/m0/s1. The van der Waals surface area contributed by atoms with Gasteiger partial charge in [0.1, 0.15) is 27.1 Å². The van der Waals surface area contributed by atoms with Gasteiger partial charge in [-0.2, -0.15) is 13.2 Å². The lowest BCUT2D eigenvalue weighted by Gasteiger charge is -2.26. The third-order valence-corrected chi connectivity index (χ3v) is 5.49. The second-order valence-electron chi connectivity index (χ2n) is 6.52. The molecule has 1 unspecified atom stereocenters. The normalized spacial score (nSPS) is 16.3. The zero-order chi connectivity index (χ0) is 21.9. The molecule has 0 aliphatic heterocycles. The summed E-state index contributed by atoms with van der Waals surface area (Å²) in [6, 6.07) is 1.00. The maximum Gasteiger partial charge on any atom is 0.425 e. The Hall–Kier alpha value is -1.89. The predicted octanol–water partition coefficient (Wildman–Crippen LogP) is 2.54. The average Bonchev–Trinajstić information content (AvgIpc) is 2.53. The molecule has 0 aliphatic carbocycles. The minimum Gasteiger partial charge on any atom is -0.480 e. The molecule has 0 radical (unpaired) electrons. The van der Waals surface area contributed by atoms with E-state index in [2.05, 4.69) is 26.1 Å². The quantitative estimate of drug-likeness (QED) is 0.188. The largest absolute Gasteiger partial charge is 0.480 e. The van der Waals surface area contributed by atoms with Crippen molar-refractivity contribution in [1.82, 2.24) is 4.98 Å². The number of pyridine rings is 1. The molecule has 0 aliphatic rings. The average molecular weight is 490 g/mol. The first-order valence-electron chi connectivity index (χ1n) is 7.67. The Morgan fingerprint density at radius 1 is 1.46 bits per heavy atom. The Morgan fingerprint density at radius 3 is 2.50 bits per heavy atom. The first-order chi connectivity index (χ1) is 12.6. The van der Waals surface area contributed by atoms with E-state index in [0.717, 1.165) is 25.4 Å². The number of hydrogen-bond acceptors (Lipinski definition) is 7. The highest BCUT2D eigenvalue weighted by molar-refractivity contribution is 9.10. The fraction of sp³-hybridized carbons (Fsp3) is 0.533. The summed E-state index contributed by atoms with van der Waals surface area (Å²) < 4.78 is 66.3. The number of aromatic nitrogens is 1. The fourth-order valence-corrected chi connectivity index (χ4v) is 4.00. The minimum absolute atomic E-state index is 0.0930. The smallest absolute Gasteiger partial charge is 0.425 e. The van der Waals surface area contributed by atoms with Crippen LogP contribution in [0.1, 0.15) is 30.8 Å². The van der Waals surface area contributed by atoms with Crippen LogP contribution in [0.25, 0.3) is 0 Å². The van der Waals surface area contributed by atoms with Crippen molar-refractivity contribution < 1.29 is 36.3 Å². The molecule has 1 aromatic rings. The Balaban J connectivity index is 3.19. The molecule has 2 atom stereocenters. The van der Waals surface area contributed by atoms with Crippen LogP contribution in [0.5, 0.6) is 5.75 Å². The molecule has 1 heterocycles. The number of hydrogen-bond donors (Lipinski definition) is 2. The Morgan fingerprint density at radius 2 is 2.04 bits per heavy atom. The molecule has 28 heavy (non-hydrogen) atoms. The van der Waals surface area contributed by atoms with Gasteiger partial charge >= 0.3 is 6.18 Å². The van der Waals surface area contributed by atoms with Gasteiger partial charge in [0.15, 0.2) is 11.9 Å². The van der Waals surface area contributed by atoms with Crippen molar-refractivity contribution in [3.05, 3.63) is 22.4 Å². The zero-order valence-electron chi connectivity index (χ0n) is 15.1. The molecule has 1 rings (SSSR count). The number of carbonyl (C=O) groups is 1. The van der Waals surface area contributed by atoms with E-state index in [9.17, 15) is 26.4 Å². The molecule has 0 saturated heterocycles. The van der Waals surface area contributed by atoms with E-state index < -0.39 is 51.3 Å². The van der Waals surface area contributed by atoms with Crippen LogP contribution in [0.3, 0.4) is 0 Å². The number of rotatable bonds is 8. The maximum atomic E-state index is 12.7. The Labute approximate surface area is 168 Å². The van der Waals surface area contributed by atoms with E-state index in [4.69, 9.17) is 15.7 Å². The van der Waals surface area contributed by atoms with Gasteiger partial charge in [-0.3, -0.25) is 9.78 Å². The molecular formula is C15H19BrF3N3O5S. The van der Waals surface area contributed by atoms with E-state index in [-0.39, 0.29) is 15.9 Å². The number of halogens is 4. The van der Waals surface area contributed by atoms with Gasteiger partial charge in [0.2, 0.25) is 0 Å². The number of nitrogens with two attached hydrogens (primary N) is 1. The van der Waals surface area contributed by atoms with Gasteiger partial charge in [-0.05, 0) is 22.9 Å². The van der Waals surface area contributed by atoms with E-state index in [1.807, 2.05) is 0 Å². The lowest BCUT2D eigenvalue weighted by Crippen LogP contribution is -2.42. The van der Waals surface area contributed by atoms with Gasteiger partial charge in [0.25, 0.3) is 0 Å². The Kier molecular flexibility index (Phi) is 7.45. The highest BCUT2D eigenvalue weighted by atomic mass is 79.9. The van der Waals surface area contributed by atoms with E-state index in [0.29, 0.717) is 0 Å². The molecule has 0 amide bonds. The number of ketones is 1. The van der Waals surface area contributed by atoms with E-state index in [1.165, 1.54) is 6.92 Å². The highest BCUT2D eigenvalue weighted by Crippen LogP contribution is 2.32. The van der Waals surface area contributed by atoms with Gasteiger partial charge in [-0.1, -0.05) is 12.1 Å². The third-order valence-electron chi connectivity index (χ3n) is 3.73. The zero-order valence-corrected chi connectivity index (χ0v) is 17.5. The number of ether oxygens (including phenoxy) is 1. The molecule has 0 bridgehead atoms. The first kappa shape index (κ1) is 24.1. The van der Waals surface area contributed by atoms with Crippen molar-refractivity contribution in [2.75, 3.05) is 12.0 Å². The summed E-state index contributed by atoms with van der Waals surface area (Å²) in [7, 11) is -3.61. The molecule has 0 fully saturated rings. The summed E-state index contributed by atoms with van der Waals surface area (Å²) in [6.45, 7) is 2.11. The second kappa shape index (κ2) is 8.64. The SMILES string of the molecule is C[C@H](Oc1cc(C(=O)CC(C)(CS(C)(=O)=O)/C(N)=N/O)ncc1Br)C(F)(F)F. The Bertz CT molecular complexity index is 876.